The predicted molar refractivity (Wildman–Crippen MR) is 85.9 cm³/mol. The van der Waals surface area contributed by atoms with Gasteiger partial charge in [-0.15, -0.1) is 0 Å². The maximum atomic E-state index is 12.7. The molecule has 1 heterocycles. The van der Waals surface area contributed by atoms with Gasteiger partial charge < -0.3 is 16.5 Å². The molecule has 2 rings (SSSR count). The summed E-state index contributed by atoms with van der Waals surface area (Å²) in [6, 6.07) is 5.51. The summed E-state index contributed by atoms with van der Waals surface area (Å²) in [5.41, 5.74) is 4.54. The van der Waals surface area contributed by atoms with Crippen LogP contribution in [0.25, 0.3) is 0 Å². The lowest BCUT2D eigenvalue weighted by atomic mass is 10.0. The monoisotopic (exact) mass is 350 g/mol. The second kappa shape index (κ2) is 6.71. The van der Waals surface area contributed by atoms with Crippen molar-refractivity contribution in [2.75, 3.05) is 11.1 Å². The van der Waals surface area contributed by atoms with Crippen LogP contribution in [0, 0.1) is 5.41 Å². The molecule has 6 nitrogen and oxygen atoms in total. The average molecular weight is 350 g/mol. The first-order valence-corrected chi connectivity index (χ1v) is 6.94. The molecule has 0 saturated carbocycles. The number of pyridine rings is 1. The van der Waals surface area contributed by atoms with Crippen LogP contribution < -0.4 is 11.1 Å². The Labute approximate surface area is 140 Å². The first kappa shape index (κ1) is 18.1. The fourth-order valence-electron chi connectivity index (χ4n) is 2.06. The van der Waals surface area contributed by atoms with Gasteiger partial charge in [0.1, 0.15) is 11.4 Å². The third kappa shape index (κ3) is 4.00. The van der Waals surface area contributed by atoms with Crippen LogP contribution in [0.5, 0.6) is 0 Å². The largest absolute Gasteiger partial charge is 0.433 e. The number of hydrogen-bond acceptors (Lipinski definition) is 5. The Morgan fingerprint density at radius 1 is 1.28 bits per heavy atom. The molecule has 0 aliphatic rings. The van der Waals surface area contributed by atoms with E-state index >= 15 is 0 Å². The number of halogens is 3. The van der Waals surface area contributed by atoms with Gasteiger partial charge in [0.25, 0.3) is 5.91 Å². The number of nitrogen functional groups attached to an aromatic ring is 1. The summed E-state index contributed by atoms with van der Waals surface area (Å²) >= 11 is 0. The van der Waals surface area contributed by atoms with E-state index in [1.54, 1.807) is 0 Å². The van der Waals surface area contributed by atoms with Crippen LogP contribution in [0.15, 0.2) is 30.3 Å². The Balaban J connectivity index is 2.41. The number of ketones is 1. The molecule has 130 valence electrons. The summed E-state index contributed by atoms with van der Waals surface area (Å²) < 4.78 is 38.1. The van der Waals surface area contributed by atoms with E-state index in [-0.39, 0.29) is 22.5 Å². The molecule has 0 unspecified atom stereocenters. The lowest BCUT2D eigenvalue weighted by molar-refractivity contribution is -0.141. The molecule has 0 bridgehead atoms. The summed E-state index contributed by atoms with van der Waals surface area (Å²) in [5.74, 6) is -1.33. The summed E-state index contributed by atoms with van der Waals surface area (Å²) in [4.78, 5) is 27.2. The number of carbonyl (C=O) groups excluding carboxylic acids is 2. The van der Waals surface area contributed by atoms with Gasteiger partial charge in [0.15, 0.2) is 5.78 Å². The van der Waals surface area contributed by atoms with Gasteiger partial charge >= 0.3 is 6.18 Å². The van der Waals surface area contributed by atoms with E-state index in [1.807, 2.05) is 0 Å². The smallest absolute Gasteiger partial charge is 0.398 e. The number of carbonyl (C=O) groups is 2. The minimum Gasteiger partial charge on any atom is -0.398 e. The molecule has 1 aromatic heterocycles. The number of amides is 1. The number of benzene rings is 1. The summed E-state index contributed by atoms with van der Waals surface area (Å²) in [5, 5.41) is 9.60. The third-order valence-corrected chi connectivity index (χ3v) is 3.28. The highest BCUT2D eigenvalue weighted by Gasteiger charge is 2.33. The number of nitrogens with two attached hydrogens (primary N) is 1. The number of nitrogens with zero attached hydrogens (tertiary/aromatic N) is 1. The molecule has 0 saturated heterocycles. The van der Waals surface area contributed by atoms with E-state index in [1.165, 1.54) is 19.1 Å². The number of rotatable bonds is 4. The van der Waals surface area contributed by atoms with Gasteiger partial charge in [-0.3, -0.25) is 9.59 Å². The van der Waals surface area contributed by atoms with E-state index in [2.05, 4.69) is 10.3 Å². The second-order valence-corrected chi connectivity index (χ2v) is 5.09. The highest BCUT2D eigenvalue weighted by molar-refractivity contribution is 6.09. The summed E-state index contributed by atoms with van der Waals surface area (Å²) in [6.45, 7) is 1.25. The third-order valence-electron chi connectivity index (χ3n) is 3.28. The van der Waals surface area contributed by atoms with Gasteiger partial charge in [0.05, 0.1) is 5.69 Å². The number of aromatic nitrogens is 1. The Morgan fingerprint density at radius 2 is 1.96 bits per heavy atom. The fraction of sp³-hybridized carbons (Fsp3) is 0.125. The predicted octanol–water partition coefficient (Wildman–Crippen LogP) is 3.14. The number of alkyl halides is 3. The van der Waals surface area contributed by atoms with Crippen LogP contribution in [-0.2, 0) is 6.18 Å². The van der Waals surface area contributed by atoms with Crippen molar-refractivity contribution >= 4 is 29.3 Å². The van der Waals surface area contributed by atoms with E-state index in [0.717, 1.165) is 24.4 Å². The van der Waals surface area contributed by atoms with Gasteiger partial charge in [0, 0.05) is 23.0 Å². The van der Waals surface area contributed by atoms with E-state index in [4.69, 9.17) is 11.1 Å². The molecule has 0 radical (unpaired) electrons. The van der Waals surface area contributed by atoms with Gasteiger partial charge in [-0.2, -0.15) is 13.2 Å². The van der Waals surface area contributed by atoms with Crippen molar-refractivity contribution in [3.63, 3.8) is 0 Å². The van der Waals surface area contributed by atoms with Gasteiger partial charge in [-0.05, 0) is 31.2 Å². The van der Waals surface area contributed by atoms with Crippen molar-refractivity contribution in [1.82, 2.24) is 4.98 Å². The van der Waals surface area contributed by atoms with Crippen LogP contribution in [-0.4, -0.2) is 22.9 Å². The van der Waals surface area contributed by atoms with Crippen molar-refractivity contribution in [2.24, 2.45) is 0 Å². The number of anilines is 2. The quantitative estimate of drug-likeness (QED) is 0.447. The molecular formula is C16H13F3N4O2. The van der Waals surface area contributed by atoms with Crippen molar-refractivity contribution in [1.29, 1.82) is 5.41 Å². The Morgan fingerprint density at radius 3 is 2.52 bits per heavy atom. The summed E-state index contributed by atoms with van der Waals surface area (Å²) in [6.07, 6.45) is -3.76. The SMILES string of the molecule is CC(=O)c1cc(N)c(C=N)cc1NC(=O)c1cccc(C(F)(F)F)n1. The molecule has 1 amide bonds. The lowest BCUT2D eigenvalue weighted by Crippen LogP contribution is -2.18. The first-order chi connectivity index (χ1) is 11.6. The van der Waals surface area contributed by atoms with Crippen LogP contribution in [0.2, 0.25) is 0 Å². The van der Waals surface area contributed by atoms with Gasteiger partial charge in [0.2, 0.25) is 0 Å². The Bertz CT molecular complexity index is 863. The molecule has 0 aliphatic carbocycles. The molecule has 4 N–H and O–H groups in total. The maximum Gasteiger partial charge on any atom is 0.433 e. The average Bonchev–Trinajstić information content (AvgIpc) is 2.55. The molecule has 0 spiro atoms. The van der Waals surface area contributed by atoms with Crippen LogP contribution in [0.4, 0.5) is 24.5 Å². The normalized spacial score (nSPS) is 11.0. The van der Waals surface area contributed by atoms with E-state index < -0.39 is 29.3 Å². The van der Waals surface area contributed by atoms with Crippen molar-refractivity contribution in [3.05, 3.63) is 52.8 Å². The van der Waals surface area contributed by atoms with E-state index in [9.17, 15) is 22.8 Å². The van der Waals surface area contributed by atoms with E-state index in [0.29, 0.717) is 0 Å². The van der Waals surface area contributed by atoms with Crippen molar-refractivity contribution in [3.8, 4) is 0 Å². The molecule has 25 heavy (non-hydrogen) atoms. The highest BCUT2D eigenvalue weighted by atomic mass is 19.4. The fourth-order valence-corrected chi connectivity index (χ4v) is 2.06. The number of Topliss-reactive ketones (excluding diaryl/α,β-unsaturated/α-hetero) is 1. The molecular weight excluding hydrogens is 337 g/mol. The topological polar surface area (TPSA) is 109 Å². The maximum absolute atomic E-state index is 12.7. The summed E-state index contributed by atoms with van der Waals surface area (Å²) in [7, 11) is 0. The zero-order valence-electron chi connectivity index (χ0n) is 12.9. The molecule has 9 heteroatoms. The first-order valence-electron chi connectivity index (χ1n) is 6.94. The zero-order chi connectivity index (χ0) is 18.8. The number of nitrogens with one attached hydrogen (secondary N) is 2. The standard InChI is InChI=1S/C16H13F3N4O2/c1-8(24)10-6-11(21)9(7-20)5-13(10)23-15(25)12-3-2-4-14(22-12)16(17,18)19/h2-7,20H,21H2,1H3,(H,23,25). The highest BCUT2D eigenvalue weighted by Crippen LogP contribution is 2.28. The van der Waals surface area contributed by atoms with Crippen LogP contribution in [0.1, 0.15) is 39.0 Å². The van der Waals surface area contributed by atoms with Crippen molar-refractivity contribution < 1.29 is 22.8 Å². The number of hydrogen-bond donors (Lipinski definition) is 3. The van der Waals surface area contributed by atoms with Crippen LogP contribution in [0.3, 0.4) is 0 Å². The molecule has 0 aliphatic heterocycles. The lowest BCUT2D eigenvalue weighted by Gasteiger charge is -2.12. The molecule has 0 atom stereocenters. The second-order valence-electron chi connectivity index (χ2n) is 5.09. The molecule has 2 aromatic rings. The minimum atomic E-state index is -4.69. The van der Waals surface area contributed by atoms with Crippen molar-refractivity contribution in [2.45, 2.75) is 13.1 Å². The molecule has 1 aromatic carbocycles. The van der Waals surface area contributed by atoms with Crippen LogP contribution >= 0.6 is 0 Å². The molecule has 0 fully saturated rings. The van der Waals surface area contributed by atoms with Gasteiger partial charge in [-0.1, -0.05) is 6.07 Å². The van der Waals surface area contributed by atoms with Gasteiger partial charge in [-0.25, -0.2) is 4.98 Å². The minimum absolute atomic E-state index is 0.0319. The zero-order valence-corrected chi connectivity index (χ0v) is 12.9. The Kier molecular flexibility index (Phi) is 4.87. The Hall–Kier alpha value is -3.23.